The average molecular weight is 278 g/mol. The fourth-order valence-corrected chi connectivity index (χ4v) is 1.69. The first-order valence-electron chi connectivity index (χ1n) is 6.17. The quantitative estimate of drug-likeness (QED) is 0.913. The van der Waals surface area contributed by atoms with Crippen LogP contribution in [-0.2, 0) is 6.61 Å². The van der Waals surface area contributed by atoms with Gasteiger partial charge in [-0.15, -0.1) is 0 Å². The van der Waals surface area contributed by atoms with Gasteiger partial charge in [0.2, 0.25) is 0 Å². The van der Waals surface area contributed by atoms with E-state index in [0.717, 1.165) is 12.1 Å². The van der Waals surface area contributed by atoms with Crippen LogP contribution in [0, 0.1) is 5.82 Å². The van der Waals surface area contributed by atoms with Crippen LogP contribution >= 0.6 is 0 Å². The second-order valence-electron chi connectivity index (χ2n) is 4.62. The number of hydrogen-bond donors (Lipinski definition) is 1. The second-order valence-corrected chi connectivity index (χ2v) is 4.62. The Labute approximate surface area is 115 Å². The van der Waals surface area contributed by atoms with Crippen LogP contribution in [0.25, 0.3) is 0 Å². The van der Waals surface area contributed by atoms with Crippen molar-refractivity contribution in [3.63, 3.8) is 0 Å². The number of ether oxygens (including phenoxy) is 1. The number of halogens is 1. The molecule has 0 aliphatic carbocycles. The minimum absolute atomic E-state index is 0.00315. The molecule has 1 N–H and O–H groups in total. The molecular weight excluding hydrogens is 263 g/mol. The molecule has 2 rings (SSSR count). The molecule has 0 aliphatic heterocycles. The van der Waals surface area contributed by atoms with E-state index < -0.39 is 11.8 Å². The van der Waals surface area contributed by atoms with Gasteiger partial charge >= 0.3 is 5.97 Å². The lowest BCUT2D eigenvalue weighted by Gasteiger charge is -2.08. The Hall–Kier alpha value is -2.37. The SMILES string of the molecule is CC(C)n1ccc(COc2cc(F)ccc2C(=O)O)n1. The summed E-state index contributed by atoms with van der Waals surface area (Å²) in [5.41, 5.74) is 0.578. The summed E-state index contributed by atoms with van der Waals surface area (Å²) in [5, 5.41) is 13.3. The Morgan fingerprint density at radius 1 is 1.45 bits per heavy atom. The van der Waals surface area contributed by atoms with Gasteiger partial charge in [0.15, 0.2) is 0 Å². The van der Waals surface area contributed by atoms with Crippen molar-refractivity contribution in [2.45, 2.75) is 26.5 Å². The van der Waals surface area contributed by atoms with Crippen molar-refractivity contribution in [2.24, 2.45) is 0 Å². The summed E-state index contributed by atoms with van der Waals surface area (Å²) in [6, 6.07) is 5.33. The number of aromatic carboxylic acids is 1. The van der Waals surface area contributed by atoms with E-state index in [1.54, 1.807) is 10.7 Å². The van der Waals surface area contributed by atoms with Crippen molar-refractivity contribution in [1.29, 1.82) is 0 Å². The molecule has 6 heteroatoms. The lowest BCUT2D eigenvalue weighted by atomic mass is 10.2. The van der Waals surface area contributed by atoms with Gasteiger partial charge in [0.25, 0.3) is 0 Å². The van der Waals surface area contributed by atoms with E-state index in [1.165, 1.54) is 6.07 Å². The molecule has 0 bridgehead atoms. The molecule has 0 unspecified atom stereocenters. The predicted octanol–water partition coefficient (Wildman–Crippen LogP) is 2.88. The fraction of sp³-hybridized carbons (Fsp3) is 0.286. The molecule has 0 atom stereocenters. The van der Waals surface area contributed by atoms with E-state index in [1.807, 2.05) is 20.0 Å². The van der Waals surface area contributed by atoms with Crippen LogP contribution in [0.1, 0.15) is 35.9 Å². The summed E-state index contributed by atoms with van der Waals surface area (Å²) in [6.45, 7) is 4.07. The lowest BCUT2D eigenvalue weighted by Crippen LogP contribution is -2.06. The standard InChI is InChI=1S/C14H15FN2O3/c1-9(2)17-6-5-11(16-17)8-20-13-7-10(15)3-4-12(13)14(18)19/h3-7,9H,8H2,1-2H3,(H,18,19). The first kappa shape index (κ1) is 14.0. The third-order valence-corrected chi connectivity index (χ3v) is 2.74. The van der Waals surface area contributed by atoms with Crippen LogP contribution in [0.3, 0.4) is 0 Å². The maximum absolute atomic E-state index is 13.2. The van der Waals surface area contributed by atoms with Gasteiger partial charge in [-0.05, 0) is 32.0 Å². The smallest absolute Gasteiger partial charge is 0.339 e. The zero-order valence-corrected chi connectivity index (χ0v) is 11.2. The number of rotatable bonds is 5. The Morgan fingerprint density at radius 2 is 2.20 bits per heavy atom. The number of carbonyl (C=O) groups is 1. The van der Waals surface area contributed by atoms with Crippen molar-refractivity contribution in [1.82, 2.24) is 9.78 Å². The molecule has 0 saturated heterocycles. The van der Waals surface area contributed by atoms with Crippen LogP contribution in [0.2, 0.25) is 0 Å². The summed E-state index contributed by atoms with van der Waals surface area (Å²) in [5.74, 6) is -1.71. The molecule has 0 spiro atoms. The van der Waals surface area contributed by atoms with Crippen LogP contribution in [0.5, 0.6) is 5.75 Å². The highest BCUT2D eigenvalue weighted by atomic mass is 19.1. The van der Waals surface area contributed by atoms with Gasteiger partial charge in [-0.25, -0.2) is 9.18 Å². The van der Waals surface area contributed by atoms with Gasteiger partial charge in [-0.2, -0.15) is 5.10 Å². The number of hydrogen-bond acceptors (Lipinski definition) is 3. The maximum Gasteiger partial charge on any atom is 0.339 e. The molecule has 0 amide bonds. The normalized spacial score (nSPS) is 10.8. The Morgan fingerprint density at radius 3 is 2.80 bits per heavy atom. The Kier molecular flexibility index (Phi) is 4.02. The van der Waals surface area contributed by atoms with E-state index in [2.05, 4.69) is 5.10 Å². The van der Waals surface area contributed by atoms with E-state index in [0.29, 0.717) is 5.69 Å². The number of nitrogens with zero attached hydrogens (tertiary/aromatic N) is 2. The third kappa shape index (κ3) is 3.14. The zero-order valence-electron chi connectivity index (χ0n) is 11.2. The molecule has 2 aromatic rings. The minimum atomic E-state index is -1.16. The van der Waals surface area contributed by atoms with E-state index >= 15 is 0 Å². The van der Waals surface area contributed by atoms with E-state index in [-0.39, 0.29) is 24.0 Å². The predicted molar refractivity (Wildman–Crippen MR) is 70.3 cm³/mol. The molecule has 0 radical (unpaired) electrons. The minimum Gasteiger partial charge on any atom is -0.486 e. The van der Waals surface area contributed by atoms with Crippen molar-refractivity contribution in [3.8, 4) is 5.75 Å². The van der Waals surface area contributed by atoms with Gasteiger partial charge in [0.05, 0.1) is 5.69 Å². The lowest BCUT2D eigenvalue weighted by molar-refractivity contribution is 0.0691. The van der Waals surface area contributed by atoms with E-state index in [4.69, 9.17) is 9.84 Å². The van der Waals surface area contributed by atoms with Crippen molar-refractivity contribution < 1.29 is 19.0 Å². The Bertz CT molecular complexity index is 623. The summed E-state index contributed by atoms with van der Waals surface area (Å²) in [6.07, 6.45) is 1.81. The van der Waals surface area contributed by atoms with E-state index in [9.17, 15) is 9.18 Å². The molecule has 20 heavy (non-hydrogen) atoms. The monoisotopic (exact) mass is 278 g/mol. The first-order chi connectivity index (χ1) is 9.47. The highest BCUT2D eigenvalue weighted by Crippen LogP contribution is 2.21. The average Bonchev–Trinajstić information content (AvgIpc) is 2.85. The number of carboxylic acids is 1. The van der Waals surface area contributed by atoms with Gasteiger partial charge in [-0.3, -0.25) is 4.68 Å². The summed E-state index contributed by atoms with van der Waals surface area (Å²) in [7, 11) is 0. The number of carboxylic acid groups (broad SMARTS) is 1. The molecule has 1 aromatic carbocycles. The molecule has 0 aliphatic rings. The van der Waals surface area contributed by atoms with Gasteiger partial charge in [0, 0.05) is 18.3 Å². The second kappa shape index (κ2) is 5.73. The van der Waals surface area contributed by atoms with Crippen LogP contribution in [0.15, 0.2) is 30.5 Å². The molecule has 106 valence electrons. The fourth-order valence-electron chi connectivity index (χ4n) is 1.69. The first-order valence-corrected chi connectivity index (χ1v) is 6.17. The molecule has 0 fully saturated rings. The molecule has 5 nitrogen and oxygen atoms in total. The van der Waals surface area contributed by atoms with Crippen molar-refractivity contribution in [3.05, 3.63) is 47.5 Å². The van der Waals surface area contributed by atoms with Crippen LogP contribution < -0.4 is 4.74 Å². The summed E-state index contributed by atoms with van der Waals surface area (Å²) in [4.78, 5) is 11.0. The summed E-state index contributed by atoms with van der Waals surface area (Å²) < 4.78 is 20.3. The third-order valence-electron chi connectivity index (χ3n) is 2.74. The molecule has 0 saturated carbocycles. The topological polar surface area (TPSA) is 64.3 Å². The van der Waals surface area contributed by atoms with Gasteiger partial charge < -0.3 is 9.84 Å². The van der Waals surface area contributed by atoms with Crippen LogP contribution in [0.4, 0.5) is 4.39 Å². The van der Waals surface area contributed by atoms with Crippen molar-refractivity contribution in [2.75, 3.05) is 0 Å². The molecular formula is C14H15FN2O3. The largest absolute Gasteiger partial charge is 0.486 e. The molecule has 1 heterocycles. The highest BCUT2D eigenvalue weighted by molar-refractivity contribution is 5.90. The molecule has 1 aromatic heterocycles. The van der Waals surface area contributed by atoms with Gasteiger partial charge in [0.1, 0.15) is 23.7 Å². The Balaban J connectivity index is 2.13. The number of aromatic nitrogens is 2. The zero-order chi connectivity index (χ0) is 14.7. The van der Waals surface area contributed by atoms with Crippen LogP contribution in [-0.4, -0.2) is 20.9 Å². The summed E-state index contributed by atoms with van der Waals surface area (Å²) >= 11 is 0. The number of benzene rings is 1. The maximum atomic E-state index is 13.2. The highest BCUT2D eigenvalue weighted by Gasteiger charge is 2.13. The van der Waals surface area contributed by atoms with Crippen molar-refractivity contribution >= 4 is 5.97 Å². The van der Waals surface area contributed by atoms with Gasteiger partial charge in [-0.1, -0.05) is 0 Å².